The Kier molecular flexibility index (Phi) is 7.26. The summed E-state index contributed by atoms with van der Waals surface area (Å²) in [6.45, 7) is 4.34. The lowest BCUT2D eigenvalue weighted by Gasteiger charge is -2.11. The van der Waals surface area contributed by atoms with Crippen LogP contribution in [-0.4, -0.2) is 34.3 Å². The van der Waals surface area contributed by atoms with Gasteiger partial charge in [-0.15, -0.1) is 0 Å². The third-order valence-electron chi connectivity index (χ3n) is 5.63. The Balaban J connectivity index is 0.00000141. The molecular formula is C25H29ClN2O4. The molecule has 6 nitrogen and oxygen atoms in total. The maximum atomic E-state index is 12.7. The van der Waals surface area contributed by atoms with Gasteiger partial charge in [0.2, 0.25) is 0 Å². The van der Waals surface area contributed by atoms with E-state index in [1.807, 2.05) is 67.9 Å². The summed E-state index contributed by atoms with van der Waals surface area (Å²) in [5, 5.41) is 11.5. The normalized spacial score (nSPS) is 13.8. The smallest absolute Gasteiger partial charge is 0.310 e. The van der Waals surface area contributed by atoms with Gasteiger partial charge < -0.3 is 19.7 Å². The number of hydrogen-bond donors (Lipinski definition) is 2. The number of nitrogens with zero attached hydrogens (tertiary/aromatic N) is 1. The maximum Gasteiger partial charge on any atom is 0.310 e. The zero-order chi connectivity index (χ0) is 23.5. The zero-order valence-electron chi connectivity index (χ0n) is 18.9. The monoisotopic (exact) mass is 456 g/mol. The molecule has 2 aromatic carbocycles. The number of hydrogen-bond acceptors (Lipinski definition) is 4. The van der Waals surface area contributed by atoms with Gasteiger partial charge in [-0.05, 0) is 61.6 Å². The van der Waals surface area contributed by atoms with E-state index < -0.39 is 0 Å². The summed E-state index contributed by atoms with van der Waals surface area (Å²) in [5.74, 6) is -0.353. The van der Waals surface area contributed by atoms with Crippen LogP contribution in [0.4, 0.5) is 0 Å². The van der Waals surface area contributed by atoms with Crippen LogP contribution in [0.5, 0.6) is 0 Å². The third-order valence-corrected chi connectivity index (χ3v) is 5.94. The quantitative estimate of drug-likeness (QED) is 0.541. The number of esters is 1. The van der Waals surface area contributed by atoms with E-state index in [-0.39, 0.29) is 23.9 Å². The number of rotatable bonds is 6. The van der Waals surface area contributed by atoms with Gasteiger partial charge in [0.25, 0.3) is 5.91 Å². The molecular weight excluding hydrogens is 428 g/mol. The molecule has 0 spiro atoms. The molecule has 1 aliphatic rings. The molecule has 1 aromatic heterocycles. The molecule has 0 atom stereocenters. The molecule has 2 N–H and O–H groups in total. The van der Waals surface area contributed by atoms with Crippen LogP contribution in [0.25, 0.3) is 10.9 Å². The molecule has 3 aromatic rings. The number of ether oxygens (including phenoxy) is 1. The average Bonchev–Trinajstić information content (AvgIpc) is 3.39. The van der Waals surface area contributed by atoms with Gasteiger partial charge in [-0.1, -0.05) is 35.9 Å². The van der Waals surface area contributed by atoms with Gasteiger partial charge in [-0.25, -0.2) is 0 Å². The van der Waals surface area contributed by atoms with Gasteiger partial charge in [0.15, 0.2) is 0 Å². The first-order chi connectivity index (χ1) is 15.2. The highest BCUT2D eigenvalue weighted by molar-refractivity contribution is 6.35. The highest BCUT2D eigenvalue weighted by Gasteiger charge is 2.41. The second-order valence-electron chi connectivity index (χ2n) is 8.37. The van der Waals surface area contributed by atoms with Gasteiger partial charge in [0.05, 0.1) is 17.0 Å². The van der Waals surface area contributed by atoms with Crippen molar-refractivity contribution >= 4 is 34.4 Å². The largest absolute Gasteiger partial charge is 0.459 e. The van der Waals surface area contributed by atoms with Gasteiger partial charge >= 0.3 is 5.97 Å². The van der Waals surface area contributed by atoms with E-state index in [0.29, 0.717) is 17.3 Å². The highest BCUT2D eigenvalue weighted by Crippen LogP contribution is 2.38. The lowest BCUT2D eigenvalue weighted by molar-refractivity contribution is -0.149. The number of aromatic nitrogens is 1. The van der Waals surface area contributed by atoms with Crippen molar-refractivity contribution < 1.29 is 19.4 Å². The molecule has 4 rings (SSSR count). The summed E-state index contributed by atoms with van der Waals surface area (Å²) in [7, 11) is 2.86. The minimum atomic E-state index is -0.244. The van der Waals surface area contributed by atoms with Gasteiger partial charge in [-0.3, -0.25) is 9.59 Å². The first kappa shape index (κ1) is 23.8. The second-order valence-corrected chi connectivity index (χ2v) is 8.78. The van der Waals surface area contributed by atoms with Crippen molar-refractivity contribution in [2.45, 2.75) is 45.3 Å². The van der Waals surface area contributed by atoms with Crippen LogP contribution in [0.1, 0.15) is 46.9 Å². The van der Waals surface area contributed by atoms with E-state index in [1.54, 1.807) is 0 Å². The van der Waals surface area contributed by atoms with Gasteiger partial charge in [0, 0.05) is 26.1 Å². The topological polar surface area (TPSA) is 80.6 Å². The van der Waals surface area contributed by atoms with Crippen LogP contribution in [-0.2, 0) is 29.5 Å². The van der Waals surface area contributed by atoms with Crippen molar-refractivity contribution in [2.24, 2.45) is 7.05 Å². The summed E-state index contributed by atoms with van der Waals surface area (Å²) in [5.41, 5.74) is 4.16. The molecule has 0 radical (unpaired) electrons. The maximum absolute atomic E-state index is 12.7. The van der Waals surface area contributed by atoms with Crippen molar-refractivity contribution in [3.8, 4) is 0 Å². The van der Waals surface area contributed by atoms with Crippen LogP contribution < -0.4 is 5.32 Å². The van der Waals surface area contributed by atoms with E-state index >= 15 is 0 Å². The average molecular weight is 457 g/mol. The van der Waals surface area contributed by atoms with Crippen molar-refractivity contribution in [1.29, 1.82) is 0 Å². The molecule has 32 heavy (non-hydrogen) atoms. The Morgan fingerprint density at radius 1 is 1.12 bits per heavy atom. The summed E-state index contributed by atoms with van der Waals surface area (Å²) in [6, 6.07) is 13.4. The molecule has 0 saturated heterocycles. The number of carbonyl (C=O) groups excluding carboxylic acids is 2. The van der Waals surface area contributed by atoms with Crippen LogP contribution in [0.2, 0.25) is 5.02 Å². The second kappa shape index (κ2) is 9.76. The number of aryl methyl sites for hydroxylation is 2. The number of aliphatic hydroxyl groups excluding tert-OH is 1. The van der Waals surface area contributed by atoms with Crippen molar-refractivity contribution in [1.82, 2.24) is 9.88 Å². The summed E-state index contributed by atoms with van der Waals surface area (Å²) >= 11 is 6.34. The van der Waals surface area contributed by atoms with Crippen molar-refractivity contribution in [3.05, 3.63) is 69.9 Å². The first-order valence-electron chi connectivity index (χ1n) is 10.5. The standard InChI is InChI=1S/C24H25ClN2O3.CH4O/c1-15-10-19(25)18-13-21(27(3)20(18)11-15)23(29)26-14-17-6-4-16(5-7-17)12-22(28)30-24(2)8-9-24;1-2/h4-7,10-11,13H,8-9,12,14H2,1-3H3,(H,26,29);2H,1H3. The predicted molar refractivity (Wildman–Crippen MR) is 126 cm³/mol. The molecule has 0 bridgehead atoms. The van der Waals surface area contributed by atoms with Crippen LogP contribution in [0, 0.1) is 6.92 Å². The summed E-state index contributed by atoms with van der Waals surface area (Å²) < 4.78 is 7.31. The first-order valence-corrected chi connectivity index (χ1v) is 10.9. The van der Waals surface area contributed by atoms with Crippen molar-refractivity contribution in [2.75, 3.05) is 7.11 Å². The molecule has 1 saturated carbocycles. The third kappa shape index (κ3) is 5.50. The minimum absolute atomic E-state index is 0.159. The fraction of sp³-hybridized carbons (Fsp3) is 0.360. The fourth-order valence-corrected chi connectivity index (χ4v) is 3.86. The molecule has 0 unspecified atom stereocenters. The Morgan fingerprint density at radius 2 is 1.75 bits per heavy atom. The number of nitrogens with one attached hydrogen (secondary N) is 1. The molecule has 1 fully saturated rings. The van der Waals surface area contributed by atoms with E-state index in [4.69, 9.17) is 21.4 Å². The zero-order valence-corrected chi connectivity index (χ0v) is 19.6. The van der Waals surface area contributed by atoms with Crippen LogP contribution in [0.15, 0.2) is 42.5 Å². The van der Waals surface area contributed by atoms with Crippen molar-refractivity contribution in [3.63, 3.8) is 0 Å². The molecule has 170 valence electrons. The molecule has 1 amide bonds. The van der Waals surface area contributed by atoms with E-state index in [9.17, 15) is 9.59 Å². The Morgan fingerprint density at radius 3 is 2.38 bits per heavy atom. The minimum Gasteiger partial charge on any atom is -0.459 e. The van der Waals surface area contributed by atoms with E-state index in [1.165, 1.54) is 0 Å². The Labute approximate surface area is 193 Å². The van der Waals surface area contributed by atoms with E-state index in [0.717, 1.165) is 47.5 Å². The number of fused-ring (bicyclic) bond motifs is 1. The Bertz CT molecular complexity index is 1130. The number of amides is 1. The number of carbonyl (C=O) groups is 2. The summed E-state index contributed by atoms with van der Waals surface area (Å²) in [4.78, 5) is 24.7. The molecule has 1 heterocycles. The number of benzene rings is 2. The lowest BCUT2D eigenvalue weighted by Crippen LogP contribution is -2.24. The molecule has 7 heteroatoms. The predicted octanol–water partition coefficient (Wildman–Crippen LogP) is 4.32. The summed E-state index contributed by atoms with van der Waals surface area (Å²) in [6.07, 6.45) is 2.15. The molecule has 1 aliphatic carbocycles. The number of halogens is 1. The lowest BCUT2D eigenvalue weighted by atomic mass is 10.1. The van der Waals surface area contributed by atoms with Gasteiger partial charge in [0.1, 0.15) is 11.3 Å². The van der Waals surface area contributed by atoms with Gasteiger partial charge in [-0.2, -0.15) is 0 Å². The SMILES string of the molecule is CO.Cc1cc(Cl)c2cc(C(=O)NCc3ccc(CC(=O)OC4(C)CC4)cc3)n(C)c2c1. The van der Waals surface area contributed by atoms with E-state index in [2.05, 4.69) is 5.32 Å². The van der Waals surface area contributed by atoms with Crippen LogP contribution in [0.3, 0.4) is 0 Å². The highest BCUT2D eigenvalue weighted by atomic mass is 35.5. The van der Waals surface area contributed by atoms with Crippen LogP contribution >= 0.6 is 11.6 Å². The number of aliphatic hydroxyl groups is 1. The fourth-order valence-electron chi connectivity index (χ4n) is 3.54. The Hall–Kier alpha value is -2.83. The molecule has 0 aliphatic heterocycles.